The number of morpholine rings is 1. The smallest absolute Gasteiger partial charge is 0.255 e. The van der Waals surface area contributed by atoms with Crippen molar-refractivity contribution in [3.05, 3.63) is 52.5 Å². The predicted molar refractivity (Wildman–Crippen MR) is 113 cm³/mol. The second kappa shape index (κ2) is 7.83. The van der Waals surface area contributed by atoms with E-state index in [4.69, 9.17) is 4.74 Å². The summed E-state index contributed by atoms with van der Waals surface area (Å²) in [5.74, 6) is -0.357. The third-order valence-corrected chi connectivity index (χ3v) is 7.77. The standard InChI is InChI=1S/C20H21N3O4S2/c1-13-3-4-15(11-19(13)29(25,26)23-7-9-27-10-8-23)20(24)22-16-5-6-17-18(12-16)28-14(2)21-17/h3-6,11-12H,7-10H2,1-2H3,(H,22,24). The molecule has 3 aromatic rings. The van der Waals surface area contributed by atoms with Gasteiger partial charge >= 0.3 is 0 Å². The Hall–Kier alpha value is -2.33. The number of carbonyl (C=O) groups is 1. The third kappa shape index (κ3) is 4.04. The van der Waals surface area contributed by atoms with Gasteiger partial charge in [-0.15, -0.1) is 11.3 Å². The fraction of sp³-hybridized carbons (Fsp3) is 0.300. The van der Waals surface area contributed by atoms with Crippen LogP contribution in [0.25, 0.3) is 10.2 Å². The number of fused-ring (bicyclic) bond motifs is 1. The summed E-state index contributed by atoms with van der Waals surface area (Å²) in [4.78, 5) is 17.3. The molecule has 1 aliphatic heterocycles. The zero-order valence-corrected chi connectivity index (χ0v) is 17.8. The van der Waals surface area contributed by atoms with Gasteiger partial charge in [-0.2, -0.15) is 4.31 Å². The van der Waals surface area contributed by atoms with E-state index in [9.17, 15) is 13.2 Å². The lowest BCUT2D eigenvalue weighted by Gasteiger charge is -2.26. The quantitative estimate of drug-likeness (QED) is 0.685. The van der Waals surface area contributed by atoms with Gasteiger partial charge in [-0.3, -0.25) is 4.79 Å². The molecule has 29 heavy (non-hydrogen) atoms. The van der Waals surface area contributed by atoms with Gasteiger partial charge in [0.05, 0.1) is 33.3 Å². The summed E-state index contributed by atoms with van der Waals surface area (Å²) in [7, 11) is -3.68. The number of nitrogens with one attached hydrogen (secondary N) is 1. The number of thiazole rings is 1. The van der Waals surface area contributed by atoms with Crippen LogP contribution in [0.2, 0.25) is 0 Å². The molecule has 0 spiro atoms. The van der Waals surface area contributed by atoms with E-state index in [0.717, 1.165) is 15.2 Å². The van der Waals surface area contributed by atoms with E-state index in [1.165, 1.54) is 10.4 Å². The molecule has 0 unspecified atom stereocenters. The number of ether oxygens (including phenoxy) is 1. The van der Waals surface area contributed by atoms with Crippen LogP contribution in [0.15, 0.2) is 41.3 Å². The zero-order chi connectivity index (χ0) is 20.6. The molecule has 1 aliphatic rings. The number of aryl methyl sites for hydroxylation is 2. The van der Waals surface area contributed by atoms with E-state index >= 15 is 0 Å². The maximum Gasteiger partial charge on any atom is 0.255 e. The fourth-order valence-corrected chi connectivity index (χ4v) is 5.79. The molecule has 4 rings (SSSR count). The van der Waals surface area contributed by atoms with Gasteiger partial charge in [0.2, 0.25) is 10.0 Å². The molecule has 0 saturated carbocycles. The summed E-state index contributed by atoms with van der Waals surface area (Å²) in [6, 6.07) is 10.3. The van der Waals surface area contributed by atoms with Crippen LogP contribution in [0, 0.1) is 13.8 Å². The Morgan fingerprint density at radius 2 is 1.90 bits per heavy atom. The normalized spacial score (nSPS) is 15.5. The number of hydrogen-bond donors (Lipinski definition) is 1. The van der Waals surface area contributed by atoms with Crippen LogP contribution in [-0.4, -0.2) is 49.9 Å². The minimum Gasteiger partial charge on any atom is -0.379 e. The van der Waals surface area contributed by atoms with Crippen molar-refractivity contribution in [3.63, 3.8) is 0 Å². The molecule has 0 aliphatic carbocycles. The number of hydrogen-bond acceptors (Lipinski definition) is 6. The van der Waals surface area contributed by atoms with Gasteiger partial charge in [-0.05, 0) is 49.7 Å². The first-order valence-corrected chi connectivity index (χ1v) is 11.5. The number of anilines is 1. The van der Waals surface area contributed by atoms with Crippen LogP contribution in [0.4, 0.5) is 5.69 Å². The number of nitrogens with zero attached hydrogens (tertiary/aromatic N) is 2. The van der Waals surface area contributed by atoms with Gasteiger partial charge in [0.25, 0.3) is 5.91 Å². The molecule has 0 bridgehead atoms. The van der Waals surface area contributed by atoms with Crippen LogP contribution >= 0.6 is 11.3 Å². The number of rotatable bonds is 4. The van der Waals surface area contributed by atoms with E-state index in [0.29, 0.717) is 43.1 Å². The summed E-state index contributed by atoms with van der Waals surface area (Å²) in [5, 5.41) is 3.81. The minimum atomic E-state index is -3.68. The van der Waals surface area contributed by atoms with Gasteiger partial charge in [0, 0.05) is 24.3 Å². The van der Waals surface area contributed by atoms with Gasteiger partial charge in [-0.25, -0.2) is 13.4 Å². The van der Waals surface area contributed by atoms with Gasteiger partial charge in [-0.1, -0.05) is 6.07 Å². The maximum atomic E-state index is 13.0. The molecule has 0 atom stereocenters. The summed E-state index contributed by atoms with van der Waals surface area (Å²) >= 11 is 1.56. The first-order valence-electron chi connectivity index (χ1n) is 9.22. The lowest BCUT2D eigenvalue weighted by atomic mass is 10.1. The van der Waals surface area contributed by atoms with E-state index in [2.05, 4.69) is 10.3 Å². The molecule has 2 aromatic carbocycles. The molecule has 7 nitrogen and oxygen atoms in total. The third-order valence-electron chi connectivity index (χ3n) is 4.79. The monoisotopic (exact) mass is 431 g/mol. The van der Waals surface area contributed by atoms with Crippen molar-refractivity contribution in [3.8, 4) is 0 Å². The highest BCUT2D eigenvalue weighted by Crippen LogP contribution is 2.26. The lowest BCUT2D eigenvalue weighted by molar-refractivity contribution is 0.0730. The predicted octanol–water partition coefficient (Wildman–Crippen LogP) is 3.19. The van der Waals surface area contributed by atoms with E-state index in [1.54, 1.807) is 36.5 Å². The Morgan fingerprint density at radius 1 is 1.14 bits per heavy atom. The minimum absolute atomic E-state index is 0.153. The highest BCUT2D eigenvalue weighted by molar-refractivity contribution is 7.89. The van der Waals surface area contributed by atoms with Crippen LogP contribution < -0.4 is 5.32 Å². The van der Waals surface area contributed by atoms with Crippen LogP contribution in [0.5, 0.6) is 0 Å². The van der Waals surface area contributed by atoms with Crippen molar-refractivity contribution >= 4 is 43.2 Å². The molecule has 2 heterocycles. The molecule has 1 fully saturated rings. The fourth-order valence-electron chi connectivity index (χ4n) is 3.27. The van der Waals surface area contributed by atoms with Crippen molar-refractivity contribution in [2.24, 2.45) is 0 Å². The number of benzene rings is 2. The highest BCUT2D eigenvalue weighted by Gasteiger charge is 2.28. The summed E-state index contributed by atoms with van der Waals surface area (Å²) in [6.07, 6.45) is 0. The van der Waals surface area contributed by atoms with E-state index in [1.807, 2.05) is 19.1 Å². The average Bonchev–Trinajstić information content (AvgIpc) is 3.08. The second-order valence-electron chi connectivity index (χ2n) is 6.87. The Kier molecular flexibility index (Phi) is 5.39. The SMILES string of the molecule is Cc1nc2ccc(NC(=O)c3ccc(C)c(S(=O)(=O)N4CCOCC4)c3)cc2s1. The maximum absolute atomic E-state index is 13.0. The van der Waals surface area contributed by atoms with Gasteiger partial charge < -0.3 is 10.1 Å². The largest absolute Gasteiger partial charge is 0.379 e. The number of sulfonamides is 1. The molecule has 1 amide bonds. The Morgan fingerprint density at radius 3 is 2.66 bits per heavy atom. The van der Waals surface area contributed by atoms with Crippen LogP contribution in [-0.2, 0) is 14.8 Å². The average molecular weight is 432 g/mol. The first-order chi connectivity index (χ1) is 13.8. The summed E-state index contributed by atoms with van der Waals surface area (Å²) < 4.78 is 33.7. The molecule has 1 aromatic heterocycles. The molecule has 152 valence electrons. The first kappa shape index (κ1) is 20.0. The molecule has 1 N–H and O–H groups in total. The van der Waals surface area contributed by atoms with E-state index in [-0.39, 0.29) is 10.8 Å². The van der Waals surface area contributed by atoms with Crippen molar-refractivity contribution in [1.82, 2.24) is 9.29 Å². The second-order valence-corrected chi connectivity index (χ2v) is 10.0. The highest BCUT2D eigenvalue weighted by atomic mass is 32.2. The van der Waals surface area contributed by atoms with Gasteiger partial charge in [0.15, 0.2) is 0 Å². The molecule has 9 heteroatoms. The van der Waals surface area contributed by atoms with Crippen molar-refractivity contribution in [2.75, 3.05) is 31.6 Å². The summed E-state index contributed by atoms with van der Waals surface area (Å²) in [6.45, 7) is 5.04. The number of aromatic nitrogens is 1. The van der Waals surface area contributed by atoms with Crippen molar-refractivity contribution < 1.29 is 17.9 Å². The van der Waals surface area contributed by atoms with Crippen LogP contribution in [0.1, 0.15) is 20.9 Å². The van der Waals surface area contributed by atoms with E-state index < -0.39 is 10.0 Å². The zero-order valence-electron chi connectivity index (χ0n) is 16.1. The number of carbonyl (C=O) groups excluding carboxylic acids is 1. The molecular weight excluding hydrogens is 410 g/mol. The Labute approximate surface area is 173 Å². The van der Waals surface area contributed by atoms with Gasteiger partial charge in [0.1, 0.15) is 0 Å². The molecule has 1 saturated heterocycles. The molecular formula is C20H21N3O4S2. The van der Waals surface area contributed by atoms with Crippen LogP contribution in [0.3, 0.4) is 0 Å². The van der Waals surface area contributed by atoms with Crippen molar-refractivity contribution in [2.45, 2.75) is 18.7 Å². The molecule has 0 radical (unpaired) electrons. The lowest BCUT2D eigenvalue weighted by Crippen LogP contribution is -2.40. The summed E-state index contributed by atoms with van der Waals surface area (Å²) in [5.41, 5.74) is 2.43. The Balaban J connectivity index is 1.61. The van der Waals surface area contributed by atoms with Crippen molar-refractivity contribution in [1.29, 1.82) is 0 Å². The topological polar surface area (TPSA) is 88.6 Å². The number of amides is 1. The Bertz CT molecular complexity index is 1180.